The largest absolute Gasteiger partial charge is 0.486 e. The molecule has 0 atom stereocenters. The van der Waals surface area contributed by atoms with Crippen LogP contribution >= 0.6 is 11.8 Å². The van der Waals surface area contributed by atoms with Crippen LogP contribution in [0.5, 0.6) is 11.5 Å². The second kappa shape index (κ2) is 7.07. The summed E-state index contributed by atoms with van der Waals surface area (Å²) in [5, 5.41) is 11.5. The van der Waals surface area contributed by atoms with Crippen LogP contribution in [0.15, 0.2) is 47.4 Å². The van der Waals surface area contributed by atoms with E-state index in [0.29, 0.717) is 36.0 Å². The number of anilines is 1. The van der Waals surface area contributed by atoms with Gasteiger partial charge >= 0.3 is 0 Å². The number of rotatable bonds is 4. The number of carbonyl (C=O) groups excluding carboxylic acids is 1. The maximum atomic E-state index is 12.0. The van der Waals surface area contributed by atoms with Crippen LogP contribution in [0, 0.1) is 11.3 Å². The van der Waals surface area contributed by atoms with Crippen LogP contribution in [0.25, 0.3) is 0 Å². The highest BCUT2D eigenvalue weighted by Crippen LogP contribution is 2.34. The van der Waals surface area contributed by atoms with Crippen molar-refractivity contribution in [1.29, 1.82) is 5.26 Å². The lowest BCUT2D eigenvalue weighted by atomic mass is 10.2. The zero-order valence-electron chi connectivity index (χ0n) is 12.2. The standard InChI is InChI=1S/C17H14N2O3S/c18-10-12-1-3-13(4-2-12)19-17(20)11-23-14-5-6-15-16(9-14)22-8-7-21-15/h1-6,9H,7-8,11H2,(H,19,20). The normalized spacial score (nSPS) is 12.3. The number of carbonyl (C=O) groups is 1. The molecule has 0 aromatic heterocycles. The fraction of sp³-hybridized carbons (Fsp3) is 0.176. The fourth-order valence-corrected chi connectivity index (χ4v) is 2.81. The monoisotopic (exact) mass is 326 g/mol. The molecule has 0 fully saturated rings. The third-order valence-corrected chi connectivity index (χ3v) is 4.18. The predicted molar refractivity (Wildman–Crippen MR) is 87.9 cm³/mol. The van der Waals surface area contributed by atoms with E-state index in [1.54, 1.807) is 24.3 Å². The first-order valence-electron chi connectivity index (χ1n) is 7.07. The highest BCUT2D eigenvalue weighted by Gasteiger charge is 2.12. The molecule has 0 unspecified atom stereocenters. The highest BCUT2D eigenvalue weighted by molar-refractivity contribution is 8.00. The van der Waals surface area contributed by atoms with Gasteiger partial charge in [0.1, 0.15) is 13.2 Å². The van der Waals surface area contributed by atoms with Gasteiger partial charge in [-0.15, -0.1) is 11.8 Å². The fourth-order valence-electron chi connectivity index (χ4n) is 2.09. The number of hydrogen-bond donors (Lipinski definition) is 1. The average Bonchev–Trinajstić information content (AvgIpc) is 2.60. The topological polar surface area (TPSA) is 71.4 Å². The summed E-state index contributed by atoms with van der Waals surface area (Å²) in [5.74, 6) is 1.64. The summed E-state index contributed by atoms with van der Waals surface area (Å²) in [4.78, 5) is 12.9. The lowest BCUT2D eigenvalue weighted by Crippen LogP contribution is -2.15. The molecule has 116 valence electrons. The Morgan fingerprint density at radius 2 is 1.87 bits per heavy atom. The van der Waals surface area contributed by atoms with E-state index in [-0.39, 0.29) is 5.91 Å². The van der Waals surface area contributed by atoms with Crippen LogP contribution < -0.4 is 14.8 Å². The third kappa shape index (κ3) is 3.96. The van der Waals surface area contributed by atoms with E-state index < -0.39 is 0 Å². The molecule has 6 heteroatoms. The molecule has 23 heavy (non-hydrogen) atoms. The molecular weight excluding hydrogens is 312 g/mol. The van der Waals surface area contributed by atoms with E-state index >= 15 is 0 Å². The molecule has 0 saturated carbocycles. The van der Waals surface area contributed by atoms with Gasteiger partial charge in [-0.25, -0.2) is 0 Å². The first-order chi connectivity index (χ1) is 11.2. The maximum Gasteiger partial charge on any atom is 0.234 e. The van der Waals surface area contributed by atoms with E-state index in [1.807, 2.05) is 24.3 Å². The number of hydrogen-bond acceptors (Lipinski definition) is 5. The summed E-state index contributed by atoms with van der Waals surface area (Å²) in [6.07, 6.45) is 0. The minimum absolute atomic E-state index is 0.102. The number of thioether (sulfide) groups is 1. The van der Waals surface area contributed by atoms with Crippen LogP contribution in [-0.2, 0) is 4.79 Å². The Hall–Kier alpha value is -2.65. The molecule has 1 aliphatic heterocycles. The lowest BCUT2D eigenvalue weighted by molar-refractivity contribution is -0.113. The van der Waals surface area contributed by atoms with Crippen molar-refractivity contribution in [2.24, 2.45) is 0 Å². The van der Waals surface area contributed by atoms with E-state index in [1.165, 1.54) is 11.8 Å². The summed E-state index contributed by atoms with van der Waals surface area (Å²) in [7, 11) is 0. The minimum Gasteiger partial charge on any atom is -0.486 e. The summed E-state index contributed by atoms with van der Waals surface area (Å²) in [6.45, 7) is 1.10. The summed E-state index contributed by atoms with van der Waals surface area (Å²) >= 11 is 1.43. The Balaban J connectivity index is 1.55. The quantitative estimate of drug-likeness (QED) is 0.874. The molecular formula is C17H14N2O3S. The van der Waals surface area contributed by atoms with Crippen LogP contribution in [-0.4, -0.2) is 24.9 Å². The number of fused-ring (bicyclic) bond motifs is 1. The minimum atomic E-state index is -0.102. The number of ether oxygens (including phenoxy) is 2. The van der Waals surface area contributed by atoms with E-state index in [9.17, 15) is 4.79 Å². The smallest absolute Gasteiger partial charge is 0.234 e. The van der Waals surface area contributed by atoms with Gasteiger partial charge in [-0.3, -0.25) is 4.79 Å². The number of benzene rings is 2. The van der Waals surface area contributed by atoms with Gasteiger partial charge in [-0.1, -0.05) is 0 Å². The molecule has 0 bridgehead atoms. The second-order valence-electron chi connectivity index (χ2n) is 4.83. The van der Waals surface area contributed by atoms with Crippen molar-refractivity contribution < 1.29 is 14.3 Å². The molecule has 0 aliphatic carbocycles. The molecule has 0 spiro atoms. The molecule has 3 rings (SSSR count). The van der Waals surface area contributed by atoms with Crippen LogP contribution in [0.3, 0.4) is 0 Å². The Morgan fingerprint density at radius 3 is 2.61 bits per heavy atom. The van der Waals surface area contributed by atoms with Gasteiger partial charge in [0, 0.05) is 10.6 Å². The van der Waals surface area contributed by atoms with Gasteiger partial charge in [-0.05, 0) is 42.5 Å². The predicted octanol–water partition coefficient (Wildman–Crippen LogP) is 3.06. The van der Waals surface area contributed by atoms with Gasteiger partial charge in [-0.2, -0.15) is 5.26 Å². The molecule has 0 radical (unpaired) electrons. The Kier molecular flexibility index (Phi) is 4.69. The van der Waals surface area contributed by atoms with Crippen molar-refractivity contribution >= 4 is 23.4 Å². The molecule has 1 heterocycles. The van der Waals surface area contributed by atoms with Crippen LogP contribution in [0.2, 0.25) is 0 Å². The highest BCUT2D eigenvalue weighted by atomic mass is 32.2. The number of nitriles is 1. The summed E-state index contributed by atoms with van der Waals surface area (Å²) < 4.78 is 11.0. The lowest BCUT2D eigenvalue weighted by Gasteiger charge is -2.18. The molecule has 1 N–H and O–H groups in total. The molecule has 1 aliphatic rings. The van der Waals surface area contributed by atoms with Crippen molar-refractivity contribution in [2.45, 2.75) is 4.90 Å². The summed E-state index contributed by atoms with van der Waals surface area (Å²) in [6, 6.07) is 14.5. The van der Waals surface area contributed by atoms with Gasteiger partial charge in [0.2, 0.25) is 5.91 Å². The molecule has 2 aromatic carbocycles. The van der Waals surface area contributed by atoms with E-state index in [0.717, 1.165) is 10.6 Å². The maximum absolute atomic E-state index is 12.0. The Bertz CT molecular complexity index is 753. The SMILES string of the molecule is N#Cc1ccc(NC(=O)CSc2ccc3c(c2)OCCO3)cc1. The third-order valence-electron chi connectivity index (χ3n) is 3.18. The first-order valence-corrected chi connectivity index (χ1v) is 8.05. The molecule has 5 nitrogen and oxygen atoms in total. The zero-order valence-corrected chi connectivity index (χ0v) is 13.1. The number of nitrogens with zero attached hydrogens (tertiary/aromatic N) is 1. The first kappa shape index (κ1) is 15.3. The van der Waals surface area contributed by atoms with Crippen molar-refractivity contribution in [1.82, 2.24) is 0 Å². The zero-order chi connectivity index (χ0) is 16.1. The Morgan fingerprint density at radius 1 is 1.13 bits per heavy atom. The van der Waals surface area contributed by atoms with Crippen molar-refractivity contribution in [2.75, 3.05) is 24.3 Å². The second-order valence-corrected chi connectivity index (χ2v) is 5.88. The van der Waals surface area contributed by atoms with E-state index in [2.05, 4.69) is 5.32 Å². The van der Waals surface area contributed by atoms with Crippen LogP contribution in [0.4, 0.5) is 5.69 Å². The van der Waals surface area contributed by atoms with Crippen LogP contribution in [0.1, 0.15) is 5.56 Å². The van der Waals surface area contributed by atoms with Crippen molar-refractivity contribution in [3.05, 3.63) is 48.0 Å². The van der Waals surface area contributed by atoms with Gasteiger partial charge in [0.25, 0.3) is 0 Å². The summed E-state index contributed by atoms with van der Waals surface area (Å²) in [5.41, 5.74) is 1.24. The Labute approximate surface area is 138 Å². The molecule has 0 saturated heterocycles. The molecule has 2 aromatic rings. The van der Waals surface area contributed by atoms with E-state index in [4.69, 9.17) is 14.7 Å². The van der Waals surface area contributed by atoms with Crippen molar-refractivity contribution in [3.8, 4) is 17.6 Å². The van der Waals surface area contributed by atoms with Gasteiger partial charge < -0.3 is 14.8 Å². The molecule has 1 amide bonds. The number of nitrogens with one attached hydrogen (secondary N) is 1. The van der Waals surface area contributed by atoms with Gasteiger partial charge in [0.15, 0.2) is 11.5 Å². The number of amides is 1. The van der Waals surface area contributed by atoms with Gasteiger partial charge in [0.05, 0.1) is 17.4 Å². The average molecular weight is 326 g/mol. The van der Waals surface area contributed by atoms with Crippen molar-refractivity contribution in [3.63, 3.8) is 0 Å².